The van der Waals surface area contributed by atoms with Crippen LogP contribution in [0.15, 0.2) is 18.2 Å². The summed E-state index contributed by atoms with van der Waals surface area (Å²) in [5, 5.41) is 0. The van der Waals surface area contributed by atoms with Crippen LogP contribution < -0.4 is 5.73 Å². The van der Waals surface area contributed by atoms with Gasteiger partial charge in [-0.25, -0.2) is 0 Å². The van der Waals surface area contributed by atoms with E-state index in [-0.39, 0.29) is 11.8 Å². The van der Waals surface area contributed by atoms with E-state index in [1.807, 2.05) is 26.0 Å². The molecule has 0 aliphatic carbocycles. The van der Waals surface area contributed by atoms with Crippen LogP contribution in [0.1, 0.15) is 43.9 Å². The van der Waals surface area contributed by atoms with Gasteiger partial charge in [0, 0.05) is 12.5 Å². The Morgan fingerprint density at radius 3 is 2.75 bits per heavy atom. The fourth-order valence-corrected chi connectivity index (χ4v) is 2.91. The second-order valence-electron chi connectivity index (χ2n) is 5.22. The van der Waals surface area contributed by atoms with Crippen LogP contribution in [-0.2, 0) is 16.0 Å². The summed E-state index contributed by atoms with van der Waals surface area (Å²) in [7, 11) is 0. The maximum absolute atomic E-state index is 12.6. The van der Waals surface area contributed by atoms with E-state index in [9.17, 15) is 9.59 Å². The summed E-state index contributed by atoms with van der Waals surface area (Å²) < 4.78 is 0. The number of carbonyl (C=O) groups is 2. The Morgan fingerprint density at radius 1 is 1.45 bits per heavy atom. The van der Waals surface area contributed by atoms with Gasteiger partial charge in [-0.15, -0.1) is 0 Å². The first-order valence-corrected chi connectivity index (χ1v) is 7.18. The number of rotatable bonds is 4. The highest BCUT2D eigenvalue weighted by Gasteiger charge is 2.36. The molecule has 1 aromatic rings. The molecule has 1 aliphatic rings. The van der Waals surface area contributed by atoms with Gasteiger partial charge in [0.25, 0.3) is 0 Å². The summed E-state index contributed by atoms with van der Waals surface area (Å²) in [6, 6.07) is 7.86. The number of benzene rings is 1. The van der Waals surface area contributed by atoms with Gasteiger partial charge >= 0.3 is 0 Å². The van der Waals surface area contributed by atoms with E-state index < -0.39 is 11.9 Å². The van der Waals surface area contributed by atoms with Gasteiger partial charge in [-0.3, -0.25) is 9.59 Å². The third-order valence-electron chi connectivity index (χ3n) is 4.10. The van der Waals surface area contributed by atoms with Crippen molar-refractivity contribution in [1.82, 2.24) is 4.90 Å². The quantitative estimate of drug-likeness (QED) is 0.909. The molecule has 2 N–H and O–H groups in total. The number of nitrogens with zero attached hydrogens (tertiary/aromatic N) is 1. The maximum Gasteiger partial charge on any atom is 0.244 e. The van der Waals surface area contributed by atoms with Gasteiger partial charge < -0.3 is 10.6 Å². The second-order valence-corrected chi connectivity index (χ2v) is 5.22. The predicted molar refractivity (Wildman–Crippen MR) is 76.7 cm³/mol. The number of amides is 2. The van der Waals surface area contributed by atoms with Crippen molar-refractivity contribution in [2.45, 2.75) is 39.2 Å². The van der Waals surface area contributed by atoms with Crippen LogP contribution in [0.5, 0.6) is 0 Å². The Kier molecular flexibility index (Phi) is 4.42. The first kappa shape index (κ1) is 14.6. The molecule has 1 aromatic carbocycles. The minimum Gasteiger partial charge on any atom is -0.368 e. The fourth-order valence-electron chi connectivity index (χ4n) is 2.91. The maximum atomic E-state index is 12.6. The van der Waals surface area contributed by atoms with Crippen molar-refractivity contribution in [3.05, 3.63) is 35.4 Å². The van der Waals surface area contributed by atoms with Crippen molar-refractivity contribution in [3.8, 4) is 0 Å². The molecule has 107 valence electrons. The highest BCUT2D eigenvalue weighted by atomic mass is 16.2. The Bertz CT molecular complexity index is 509. The van der Waals surface area contributed by atoms with Crippen LogP contribution in [0.4, 0.5) is 0 Å². The molecule has 0 fully saturated rings. The predicted octanol–water partition coefficient (Wildman–Crippen LogP) is 1.83. The normalized spacial score (nSPS) is 17.9. The molecule has 20 heavy (non-hydrogen) atoms. The molecule has 0 spiro atoms. The first-order valence-electron chi connectivity index (χ1n) is 7.18. The van der Waals surface area contributed by atoms with E-state index >= 15 is 0 Å². The molecule has 1 unspecified atom stereocenters. The van der Waals surface area contributed by atoms with Gasteiger partial charge in [0.1, 0.15) is 6.04 Å². The monoisotopic (exact) mass is 273 g/mol. The molecule has 1 atom stereocenters. The average molecular weight is 273 g/mol. The minimum absolute atomic E-state index is 0.0336. The van der Waals surface area contributed by atoms with Crippen LogP contribution in [0.25, 0.3) is 0 Å². The average Bonchev–Trinajstić information content (AvgIpc) is 2.46. The largest absolute Gasteiger partial charge is 0.368 e. The zero-order valence-corrected chi connectivity index (χ0v) is 12.1. The summed E-state index contributed by atoms with van der Waals surface area (Å²) in [5.41, 5.74) is 7.46. The summed E-state index contributed by atoms with van der Waals surface area (Å²) >= 11 is 0. The van der Waals surface area contributed by atoms with Gasteiger partial charge in [-0.2, -0.15) is 0 Å². The number of hydrogen-bond donors (Lipinski definition) is 1. The Labute approximate surface area is 119 Å². The topological polar surface area (TPSA) is 63.4 Å². The fraction of sp³-hybridized carbons (Fsp3) is 0.500. The Balaban J connectivity index is 2.36. The number of carbonyl (C=O) groups excluding carboxylic acids is 2. The molecule has 1 aliphatic heterocycles. The van der Waals surface area contributed by atoms with Crippen molar-refractivity contribution in [2.24, 2.45) is 11.7 Å². The van der Waals surface area contributed by atoms with Gasteiger partial charge in [0.05, 0.1) is 0 Å². The molecular weight excluding hydrogens is 252 g/mol. The zero-order chi connectivity index (χ0) is 14.7. The van der Waals surface area contributed by atoms with Crippen molar-refractivity contribution in [3.63, 3.8) is 0 Å². The summed E-state index contributed by atoms with van der Waals surface area (Å²) in [4.78, 5) is 26.1. The molecule has 4 heteroatoms. The first-order chi connectivity index (χ1) is 9.60. The summed E-state index contributed by atoms with van der Waals surface area (Å²) in [6.45, 7) is 4.55. The molecule has 1 heterocycles. The summed E-state index contributed by atoms with van der Waals surface area (Å²) in [5.74, 6) is -0.456. The Morgan fingerprint density at radius 2 is 2.15 bits per heavy atom. The van der Waals surface area contributed by atoms with Gasteiger partial charge in [-0.05, 0) is 36.5 Å². The second kappa shape index (κ2) is 6.07. The zero-order valence-electron chi connectivity index (χ0n) is 12.1. The van der Waals surface area contributed by atoms with Crippen molar-refractivity contribution >= 4 is 11.8 Å². The SMILES string of the molecule is CCC(CC)C(=O)N1CCc2c[c]ccc2C1C(N)=O. The van der Waals surface area contributed by atoms with E-state index in [1.165, 1.54) is 0 Å². The van der Waals surface area contributed by atoms with E-state index in [1.54, 1.807) is 11.0 Å². The molecule has 2 amide bonds. The lowest BCUT2D eigenvalue weighted by Crippen LogP contribution is -2.47. The number of primary amides is 1. The Hall–Kier alpha value is -1.84. The summed E-state index contributed by atoms with van der Waals surface area (Å²) in [6.07, 6.45) is 2.32. The lowest BCUT2D eigenvalue weighted by atomic mass is 9.90. The van der Waals surface area contributed by atoms with Crippen LogP contribution in [-0.4, -0.2) is 23.3 Å². The van der Waals surface area contributed by atoms with E-state index in [0.717, 1.165) is 30.4 Å². The van der Waals surface area contributed by atoms with Crippen LogP contribution in [0, 0.1) is 12.0 Å². The van der Waals surface area contributed by atoms with Gasteiger partial charge in [-0.1, -0.05) is 32.0 Å². The lowest BCUT2D eigenvalue weighted by molar-refractivity contribution is -0.143. The number of hydrogen-bond acceptors (Lipinski definition) is 2. The van der Waals surface area contributed by atoms with Crippen molar-refractivity contribution < 1.29 is 9.59 Å². The lowest BCUT2D eigenvalue weighted by Gasteiger charge is -2.37. The molecule has 0 saturated carbocycles. The molecule has 0 aromatic heterocycles. The molecular formula is C16H21N2O2. The van der Waals surface area contributed by atoms with E-state index in [4.69, 9.17) is 5.73 Å². The number of nitrogens with two attached hydrogens (primary N) is 1. The third kappa shape index (κ3) is 2.55. The number of fused-ring (bicyclic) bond motifs is 1. The van der Waals surface area contributed by atoms with Crippen LogP contribution in [0.2, 0.25) is 0 Å². The highest BCUT2D eigenvalue weighted by molar-refractivity contribution is 5.89. The molecule has 1 radical (unpaired) electrons. The standard InChI is InChI=1S/C16H21N2O2/c1-3-11(4-2)16(20)18-10-9-12-7-5-6-8-13(12)14(18)15(17)19/h6-8,11,14H,3-4,9-10H2,1-2H3,(H2,17,19). The van der Waals surface area contributed by atoms with E-state index in [2.05, 4.69) is 6.07 Å². The highest BCUT2D eigenvalue weighted by Crippen LogP contribution is 2.31. The van der Waals surface area contributed by atoms with Crippen molar-refractivity contribution in [2.75, 3.05) is 6.54 Å². The van der Waals surface area contributed by atoms with Crippen molar-refractivity contribution in [1.29, 1.82) is 0 Å². The van der Waals surface area contributed by atoms with Gasteiger partial charge in [0.15, 0.2) is 0 Å². The van der Waals surface area contributed by atoms with E-state index in [0.29, 0.717) is 6.54 Å². The molecule has 0 bridgehead atoms. The third-order valence-corrected chi connectivity index (χ3v) is 4.10. The molecule has 4 nitrogen and oxygen atoms in total. The molecule has 0 saturated heterocycles. The van der Waals surface area contributed by atoms with Crippen LogP contribution >= 0.6 is 0 Å². The van der Waals surface area contributed by atoms with Crippen LogP contribution in [0.3, 0.4) is 0 Å². The molecule has 2 rings (SSSR count). The minimum atomic E-state index is -0.638. The van der Waals surface area contributed by atoms with Gasteiger partial charge in [0.2, 0.25) is 11.8 Å². The smallest absolute Gasteiger partial charge is 0.244 e.